The van der Waals surface area contributed by atoms with Crippen LogP contribution in [0.3, 0.4) is 0 Å². The van der Waals surface area contributed by atoms with E-state index in [1.165, 1.54) is 48.4 Å². The predicted molar refractivity (Wildman–Crippen MR) is 221 cm³/mol. The van der Waals surface area contributed by atoms with E-state index in [1.54, 1.807) is 13.0 Å². The van der Waals surface area contributed by atoms with Gasteiger partial charge in [0.15, 0.2) is 0 Å². The number of anilines is 1. The number of carbonyl (C=O) groups excluding carboxylic acids is 2. The fourth-order valence-corrected chi connectivity index (χ4v) is 6.50. The van der Waals surface area contributed by atoms with Crippen LogP contribution in [0.4, 0.5) is 5.82 Å². The summed E-state index contributed by atoms with van der Waals surface area (Å²) >= 11 is 0. The van der Waals surface area contributed by atoms with Crippen LogP contribution >= 0.6 is 0 Å². The first kappa shape index (κ1) is 43.0. The van der Waals surface area contributed by atoms with Crippen LogP contribution < -0.4 is 4.90 Å². The smallest absolute Gasteiger partial charge is 0.150 e. The van der Waals surface area contributed by atoms with Crippen molar-refractivity contribution in [3.8, 4) is 0 Å². The molecule has 0 aliphatic heterocycles. The molecule has 51 heavy (non-hydrogen) atoms. The summed E-state index contributed by atoms with van der Waals surface area (Å²) in [5.74, 6) is 5.46. The molecule has 1 aliphatic carbocycles. The number of allylic oxidation sites excluding steroid dienone is 4. The number of hydrogen-bond acceptors (Lipinski definition) is 5. The number of para-hydroxylation sites is 1. The highest BCUT2D eigenvalue weighted by atomic mass is 16.1. The predicted octanol–water partition coefficient (Wildman–Crippen LogP) is 12.3. The summed E-state index contributed by atoms with van der Waals surface area (Å²) in [6.07, 6.45) is 12.7. The Hall–Kier alpha value is -4.12. The van der Waals surface area contributed by atoms with E-state index in [0.717, 1.165) is 40.8 Å². The summed E-state index contributed by atoms with van der Waals surface area (Å²) in [5, 5.41) is 3.87. The van der Waals surface area contributed by atoms with Crippen LogP contribution in [0.5, 0.6) is 0 Å². The van der Waals surface area contributed by atoms with Gasteiger partial charge < -0.3 is 4.90 Å². The van der Waals surface area contributed by atoms with E-state index in [-0.39, 0.29) is 0 Å². The summed E-state index contributed by atoms with van der Waals surface area (Å²) in [6, 6.07) is 23.4. The maximum Gasteiger partial charge on any atom is 0.150 e. The molecule has 1 heterocycles. The molecule has 0 saturated heterocycles. The fraction of sp³-hybridized carbons (Fsp3) is 0.478. The lowest BCUT2D eigenvalue weighted by Crippen LogP contribution is -2.20. The van der Waals surface area contributed by atoms with E-state index in [2.05, 4.69) is 120 Å². The van der Waals surface area contributed by atoms with Crippen molar-refractivity contribution in [3.05, 3.63) is 101 Å². The third-order valence-electron chi connectivity index (χ3n) is 9.86. The second-order valence-corrected chi connectivity index (χ2v) is 14.4. The highest BCUT2D eigenvalue weighted by molar-refractivity contribution is 5.90. The molecule has 5 heteroatoms. The fourth-order valence-electron chi connectivity index (χ4n) is 6.50. The van der Waals surface area contributed by atoms with Gasteiger partial charge >= 0.3 is 0 Å². The summed E-state index contributed by atoms with van der Waals surface area (Å²) in [6.45, 7) is 19.2. The lowest BCUT2D eigenvalue weighted by Gasteiger charge is -2.30. The van der Waals surface area contributed by atoms with E-state index in [0.29, 0.717) is 41.5 Å². The van der Waals surface area contributed by atoms with Gasteiger partial charge in [-0.2, -0.15) is 0 Å². The van der Waals surface area contributed by atoms with Crippen molar-refractivity contribution in [1.82, 2.24) is 9.97 Å². The van der Waals surface area contributed by atoms with E-state index in [9.17, 15) is 9.59 Å². The zero-order valence-electron chi connectivity index (χ0n) is 33.4. The minimum Gasteiger partial charge on any atom is -0.362 e. The number of aromatic nitrogens is 2. The van der Waals surface area contributed by atoms with Gasteiger partial charge in [0.1, 0.15) is 24.2 Å². The van der Waals surface area contributed by atoms with Crippen molar-refractivity contribution >= 4 is 40.1 Å². The molecule has 1 unspecified atom stereocenters. The summed E-state index contributed by atoms with van der Waals surface area (Å²) in [5.41, 5.74) is 3.44. The maximum absolute atomic E-state index is 10.3. The second-order valence-electron chi connectivity index (χ2n) is 14.4. The van der Waals surface area contributed by atoms with Crippen LogP contribution in [-0.4, -0.2) is 36.6 Å². The van der Waals surface area contributed by atoms with Crippen molar-refractivity contribution in [2.45, 2.75) is 113 Å². The monoisotopic (exact) mass is 692 g/mol. The molecule has 0 N–H and O–H groups in total. The van der Waals surface area contributed by atoms with E-state index < -0.39 is 0 Å². The Morgan fingerprint density at radius 2 is 1.43 bits per heavy atom. The average molecular weight is 692 g/mol. The Labute approximate surface area is 309 Å². The Morgan fingerprint density at radius 3 is 2.02 bits per heavy atom. The van der Waals surface area contributed by atoms with E-state index >= 15 is 0 Å². The molecule has 0 amide bonds. The number of hydrogen-bond donors (Lipinski definition) is 0. The van der Waals surface area contributed by atoms with Crippen molar-refractivity contribution in [2.75, 3.05) is 19.0 Å². The van der Waals surface area contributed by atoms with Crippen LogP contribution in [0.25, 0.3) is 21.7 Å². The van der Waals surface area contributed by atoms with Gasteiger partial charge in [0.2, 0.25) is 0 Å². The number of rotatable bonds is 10. The number of carbonyl (C=O) groups is 2. The highest BCUT2D eigenvalue weighted by Gasteiger charge is 2.25. The van der Waals surface area contributed by atoms with Gasteiger partial charge in [0.05, 0.1) is 5.52 Å². The third kappa shape index (κ3) is 13.2. The lowest BCUT2D eigenvalue weighted by molar-refractivity contribution is -0.107. The Balaban J connectivity index is 0.000000291. The summed E-state index contributed by atoms with van der Waals surface area (Å²) < 4.78 is 0. The average Bonchev–Trinajstić information content (AvgIpc) is 3.16. The molecule has 0 spiro atoms. The molecule has 1 aliphatic rings. The Kier molecular flexibility index (Phi) is 19.1. The lowest BCUT2D eigenvalue weighted by atomic mass is 9.76. The zero-order valence-corrected chi connectivity index (χ0v) is 33.4. The van der Waals surface area contributed by atoms with Crippen molar-refractivity contribution in [3.63, 3.8) is 0 Å². The molecule has 1 saturated carbocycles. The van der Waals surface area contributed by atoms with Crippen molar-refractivity contribution in [2.24, 2.45) is 17.8 Å². The highest BCUT2D eigenvalue weighted by Crippen LogP contribution is 2.37. The maximum atomic E-state index is 10.3. The first-order valence-corrected chi connectivity index (χ1v) is 19.2. The van der Waals surface area contributed by atoms with Gasteiger partial charge in [-0.25, -0.2) is 9.97 Å². The first-order valence-electron chi connectivity index (χ1n) is 19.2. The second kappa shape index (κ2) is 22.6. The molecule has 0 bridgehead atoms. The van der Waals surface area contributed by atoms with Crippen LogP contribution in [0, 0.1) is 17.8 Å². The topological polar surface area (TPSA) is 63.2 Å². The molecule has 1 aromatic heterocycles. The number of benzene rings is 3. The van der Waals surface area contributed by atoms with Gasteiger partial charge in [-0.15, -0.1) is 0 Å². The number of nitrogens with zero attached hydrogens (tertiary/aromatic N) is 3. The van der Waals surface area contributed by atoms with Gasteiger partial charge in [-0.05, 0) is 77.5 Å². The normalized spacial score (nSPS) is 17.2. The summed E-state index contributed by atoms with van der Waals surface area (Å²) in [7, 11) is 4.13. The first-order chi connectivity index (χ1) is 24.5. The largest absolute Gasteiger partial charge is 0.362 e. The number of fused-ring (bicyclic) bond motifs is 2. The van der Waals surface area contributed by atoms with E-state index in [4.69, 9.17) is 9.97 Å². The molecule has 276 valence electrons. The zero-order chi connectivity index (χ0) is 37.9. The minimum atomic E-state index is 0.391. The quantitative estimate of drug-likeness (QED) is 0.0941. The van der Waals surface area contributed by atoms with Gasteiger partial charge in [-0.1, -0.05) is 148 Å². The molecule has 1 fully saturated rings. The standard InChI is InChI=1S/C22H33N3.C13H14.C9H12O2.C2H6/c1-15-10-12-18(13-11-15)14-16(2)17(3)21-23-20-9-7-6-8-19(20)22(24-21)25(4)5;1-10(2)12-9-5-7-11-6-3-4-8-13(11)12;1-3-4-5-9(7-11)8(2)6-10;1-2/h6-9,15-18H,10-14H2,1-5H3;3-10H,1-2H3;4-7H,3H2,1-2H3;1-2H3/b;;5-4-,9-8-;/t15?,16?,17-,18?;;;/m0.../s1. The molecule has 5 nitrogen and oxygen atoms in total. The Bertz CT molecular complexity index is 1690. The van der Waals surface area contributed by atoms with Crippen LogP contribution in [-0.2, 0) is 9.59 Å². The number of aldehydes is 2. The SMILES string of the molecule is CC.CC(C)c1cccc2ccccc12.CC/C=C\C(C=O)=C(/C)C=O.CC1CCC(CC(C)[C@H](C)c2nc(N(C)C)c3ccccc3n2)CC1. The van der Waals surface area contributed by atoms with Gasteiger partial charge in [0, 0.05) is 31.0 Å². The third-order valence-corrected chi connectivity index (χ3v) is 9.86. The van der Waals surface area contributed by atoms with Crippen molar-refractivity contribution in [1.29, 1.82) is 0 Å². The van der Waals surface area contributed by atoms with Crippen LogP contribution in [0.2, 0.25) is 0 Å². The van der Waals surface area contributed by atoms with Gasteiger partial charge in [-0.3, -0.25) is 9.59 Å². The molecule has 5 rings (SSSR count). The molecule has 2 atom stereocenters. The Morgan fingerprint density at radius 1 is 0.824 bits per heavy atom. The summed E-state index contributed by atoms with van der Waals surface area (Å²) in [4.78, 5) is 32.5. The van der Waals surface area contributed by atoms with Crippen molar-refractivity contribution < 1.29 is 9.59 Å². The van der Waals surface area contributed by atoms with Crippen LogP contribution in [0.15, 0.2) is 90.0 Å². The molecule has 4 aromatic rings. The molecular formula is C46H65N3O2. The van der Waals surface area contributed by atoms with Gasteiger partial charge in [0.25, 0.3) is 0 Å². The minimum absolute atomic E-state index is 0.391. The van der Waals surface area contributed by atoms with Crippen LogP contribution in [0.1, 0.15) is 124 Å². The molecule has 0 radical (unpaired) electrons. The molecular weight excluding hydrogens is 627 g/mol. The van der Waals surface area contributed by atoms with E-state index in [1.807, 2.05) is 26.8 Å². The molecule has 3 aromatic carbocycles.